The lowest BCUT2D eigenvalue weighted by molar-refractivity contribution is -0.137. The summed E-state index contributed by atoms with van der Waals surface area (Å²) in [7, 11) is 1.79. The summed E-state index contributed by atoms with van der Waals surface area (Å²) in [4.78, 5) is 10.4. The standard InChI is InChI=1S/C8H10N6O2/c1-13-5-6(4-9-13)8-10-11-12-14(8)3-2-7(15)16/h4-5H,2-3H2,1H3,(H,15,16). The highest BCUT2D eigenvalue weighted by Gasteiger charge is 2.11. The molecule has 84 valence electrons. The normalized spacial score (nSPS) is 10.6. The molecular weight excluding hydrogens is 212 g/mol. The Labute approximate surface area is 90.5 Å². The summed E-state index contributed by atoms with van der Waals surface area (Å²) in [6.07, 6.45) is 3.38. The van der Waals surface area contributed by atoms with E-state index < -0.39 is 5.97 Å². The number of aromatic nitrogens is 6. The molecule has 8 heteroatoms. The van der Waals surface area contributed by atoms with Crippen LogP contribution in [0.1, 0.15) is 6.42 Å². The molecule has 2 rings (SSSR count). The lowest BCUT2D eigenvalue weighted by atomic mass is 10.3. The van der Waals surface area contributed by atoms with Crippen LogP contribution in [0.25, 0.3) is 11.4 Å². The lowest BCUT2D eigenvalue weighted by Gasteiger charge is -1.99. The maximum absolute atomic E-state index is 10.4. The molecule has 0 aliphatic carbocycles. The van der Waals surface area contributed by atoms with E-state index in [0.29, 0.717) is 5.82 Å². The van der Waals surface area contributed by atoms with Gasteiger partial charge in [-0.2, -0.15) is 5.10 Å². The number of tetrazole rings is 1. The highest BCUT2D eigenvalue weighted by molar-refractivity contribution is 5.66. The molecule has 0 aromatic carbocycles. The Hall–Kier alpha value is -2.25. The number of aliphatic carboxylic acids is 1. The molecule has 2 heterocycles. The molecule has 0 atom stereocenters. The fourth-order valence-electron chi connectivity index (χ4n) is 1.30. The van der Waals surface area contributed by atoms with Crippen molar-refractivity contribution in [2.45, 2.75) is 13.0 Å². The molecule has 0 saturated carbocycles. The van der Waals surface area contributed by atoms with Gasteiger partial charge in [-0.3, -0.25) is 9.48 Å². The number of carboxylic acid groups (broad SMARTS) is 1. The summed E-state index contributed by atoms with van der Waals surface area (Å²) in [6, 6.07) is 0. The van der Waals surface area contributed by atoms with E-state index in [0.717, 1.165) is 5.56 Å². The lowest BCUT2D eigenvalue weighted by Crippen LogP contribution is -2.07. The third-order valence-electron chi connectivity index (χ3n) is 2.03. The van der Waals surface area contributed by atoms with Crippen molar-refractivity contribution < 1.29 is 9.90 Å². The van der Waals surface area contributed by atoms with E-state index in [1.54, 1.807) is 24.1 Å². The van der Waals surface area contributed by atoms with Crippen LogP contribution >= 0.6 is 0 Å². The molecule has 0 aliphatic heterocycles. The van der Waals surface area contributed by atoms with Crippen LogP contribution in [0, 0.1) is 0 Å². The molecule has 0 spiro atoms. The fourth-order valence-corrected chi connectivity index (χ4v) is 1.30. The van der Waals surface area contributed by atoms with Gasteiger partial charge in [0.1, 0.15) is 0 Å². The summed E-state index contributed by atoms with van der Waals surface area (Å²) in [5.74, 6) is -0.359. The summed E-state index contributed by atoms with van der Waals surface area (Å²) in [6.45, 7) is 0.243. The predicted molar refractivity (Wildman–Crippen MR) is 52.3 cm³/mol. The zero-order chi connectivity index (χ0) is 11.5. The molecule has 2 aromatic rings. The second kappa shape index (κ2) is 4.09. The molecule has 0 aliphatic rings. The largest absolute Gasteiger partial charge is 0.481 e. The van der Waals surface area contributed by atoms with Crippen LogP contribution in [-0.2, 0) is 18.4 Å². The first-order valence-electron chi connectivity index (χ1n) is 4.64. The number of carboxylic acids is 1. The SMILES string of the molecule is Cn1cc(-c2nnnn2CCC(=O)O)cn1. The van der Waals surface area contributed by atoms with Gasteiger partial charge >= 0.3 is 5.97 Å². The molecular formula is C8H10N6O2. The minimum absolute atomic E-state index is 0.0156. The number of rotatable bonds is 4. The van der Waals surface area contributed by atoms with Crippen LogP contribution in [0.5, 0.6) is 0 Å². The van der Waals surface area contributed by atoms with Crippen molar-refractivity contribution in [1.82, 2.24) is 30.0 Å². The number of hydrogen-bond donors (Lipinski definition) is 1. The topological polar surface area (TPSA) is 98.7 Å². The molecule has 16 heavy (non-hydrogen) atoms. The van der Waals surface area contributed by atoms with E-state index in [2.05, 4.69) is 20.6 Å². The van der Waals surface area contributed by atoms with Gasteiger partial charge in [-0.25, -0.2) is 4.68 Å². The number of aryl methyl sites for hydroxylation is 2. The Morgan fingerprint density at radius 1 is 1.56 bits per heavy atom. The maximum Gasteiger partial charge on any atom is 0.305 e. The summed E-state index contributed by atoms with van der Waals surface area (Å²) in [5, 5.41) is 23.7. The smallest absolute Gasteiger partial charge is 0.305 e. The minimum atomic E-state index is -0.882. The Kier molecular flexibility index (Phi) is 2.63. The highest BCUT2D eigenvalue weighted by atomic mass is 16.4. The van der Waals surface area contributed by atoms with Crippen LogP contribution in [-0.4, -0.2) is 41.1 Å². The Bertz CT molecular complexity index is 502. The Morgan fingerprint density at radius 2 is 2.38 bits per heavy atom. The van der Waals surface area contributed by atoms with Gasteiger partial charge < -0.3 is 5.11 Å². The van der Waals surface area contributed by atoms with Crippen LogP contribution in [0.4, 0.5) is 0 Å². The average Bonchev–Trinajstić information content (AvgIpc) is 2.82. The van der Waals surface area contributed by atoms with Crippen LogP contribution in [0.15, 0.2) is 12.4 Å². The summed E-state index contributed by atoms with van der Waals surface area (Å²) < 4.78 is 3.08. The van der Waals surface area contributed by atoms with E-state index in [1.807, 2.05) is 0 Å². The van der Waals surface area contributed by atoms with Gasteiger partial charge in [0.05, 0.1) is 24.7 Å². The summed E-state index contributed by atoms with van der Waals surface area (Å²) >= 11 is 0. The van der Waals surface area contributed by atoms with Crippen molar-refractivity contribution in [1.29, 1.82) is 0 Å². The zero-order valence-electron chi connectivity index (χ0n) is 8.61. The first kappa shape index (κ1) is 10.3. The van der Waals surface area contributed by atoms with Crippen molar-refractivity contribution in [3.05, 3.63) is 12.4 Å². The number of hydrogen-bond acceptors (Lipinski definition) is 5. The second-order valence-electron chi connectivity index (χ2n) is 3.27. The first-order chi connectivity index (χ1) is 7.66. The monoisotopic (exact) mass is 222 g/mol. The predicted octanol–water partition coefficient (Wildman–Crippen LogP) is -0.452. The average molecular weight is 222 g/mol. The van der Waals surface area contributed by atoms with Gasteiger partial charge in [0, 0.05) is 13.2 Å². The third kappa shape index (κ3) is 2.05. The van der Waals surface area contributed by atoms with Gasteiger partial charge in [-0.05, 0) is 10.4 Å². The number of carbonyl (C=O) groups is 1. The maximum atomic E-state index is 10.4. The van der Waals surface area contributed by atoms with Crippen molar-refractivity contribution in [2.24, 2.45) is 7.05 Å². The van der Waals surface area contributed by atoms with Gasteiger partial charge in [0.2, 0.25) is 0 Å². The Balaban J connectivity index is 2.22. The van der Waals surface area contributed by atoms with E-state index in [9.17, 15) is 4.79 Å². The second-order valence-corrected chi connectivity index (χ2v) is 3.27. The van der Waals surface area contributed by atoms with E-state index in [-0.39, 0.29) is 13.0 Å². The molecule has 0 radical (unpaired) electrons. The van der Waals surface area contributed by atoms with Gasteiger partial charge in [-0.15, -0.1) is 5.10 Å². The Morgan fingerprint density at radius 3 is 3.00 bits per heavy atom. The van der Waals surface area contributed by atoms with Gasteiger partial charge in [0.15, 0.2) is 5.82 Å². The fraction of sp³-hybridized carbons (Fsp3) is 0.375. The molecule has 0 saturated heterocycles. The summed E-state index contributed by atoms with van der Waals surface area (Å²) in [5.41, 5.74) is 0.762. The van der Waals surface area contributed by atoms with Crippen LogP contribution < -0.4 is 0 Å². The van der Waals surface area contributed by atoms with Crippen molar-refractivity contribution >= 4 is 5.97 Å². The van der Waals surface area contributed by atoms with Crippen molar-refractivity contribution in [2.75, 3.05) is 0 Å². The van der Waals surface area contributed by atoms with Crippen molar-refractivity contribution in [3.8, 4) is 11.4 Å². The minimum Gasteiger partial charge on any atom is -0.481 e. The molecule has 2 aromatic heterocycles. The van der Waals surface area contributed by atoms with E-state index in [1.165, 1.54) is 4.68 Å². The van der Waals surface area contributed by atoms with Crippen LogP contribution in [0.2, 0.25) is 0 Å². The third-order valence-corrected chi connectivity index (χ3v) is 2.03. The highest BCUT2D eigenvalue weighted by Crippen LogP contribution is 2.13. The van der Waals surface area contributed by atoms with E-state index in [4.69, 9.17) is 5.11 Å². The number of nitrogens with zero attached hydrogens (tertiary/aromatic N) is 6. The van der Waals surface area contributed by atoms with E-state index >= 15 is 0 Å². The quantitative estimate of drug-likeness (QED) is 0.752. The zero-order valence-corrected chi connectivity index (χ0v) is 8.61. The molecule has 0 bridgehead atoms. The molecule has 0 unspecified atom stereocenters. The molecule has 0 fully saturated rings. The molecule has 8 nitrogen and oxygen atoms in total. The first-order valence-corrected chi connectivity index (χ1v) is 4.64. The van der Waals surface area contributed by atoms with Gasteiger partial charge in [-0.1, -0.05) is 0 Å². The van der Waals surface area contributed by atoms with Gasteiger partial charge in [0.25, 0.3) is 0 Å². The molecule has 1 N–H and O–H groups in total. The van der Waals surface area contributed by atoms with Crippen LogP contribution in [0.3, 0.4) is 0 Å². The van der Waals surface area contributed by atoms with Crippen molar-refractivity contribution in [3.63, 3.8) is 0 Å². The molecule has 0 amide bonds.